The van der Waals surface area contributed by atoms with E-state index in [9.17, 15) is 0 Å². The van der Waals surface area contributed by atoms with E-state index in [4.69, 9.17) is 21.7 Å². The van der Waals surface area contributed by atoms with Gasteiger partial charge in [0.25, 0.3) is 0 Å². The van der Waals surface area contributed by atoms with E-state index >= 15 is 0 Å². The van der Waals surface area contributed by atoms with Gasteiger partial charge in [0.15, 0.2) is 17.3 Å². The molecular formula is C18H19BrN4O2S. The molecule has 0 atom stereocenters. The van der Waals surface area contributed by atoms with Gasteiger partial charge in [-0.2, -0.15) is 5.10 Å². The van der Waals surface area contributed by atoms with Gasteiger partial charge in [-0.25, -0.2) is 9.77 Å². The molecule has 6 nitrogen and oxygen atoms in total. The summed E-state index contributed by atoms with van der Waals surface area (Å²) in [5, 5.41) is 7.16. The number of benzene rings is 2. The molecule has 0 saturated carbocycles. The van der Waals surface area contributed by atoms with Crippen LogP contribution in [-0.2, 0) is 6.54 Å². The Morgan fingerprint density at radius 3 is 2.73 bits per heavy atom. The molecule has 0 aliphatic heterocycles. The van der Waals surface area contributed by atoms with E-state index in [2.05, 4.69) is 31.6 Å². The van der Waals surface area contributed by atoms with E-state index in [0.717, 1.165) is 21.4 Å². The van der Waals surface area contributed by atoms with Crippen LogP contribution in [0, 0.1) is 4.77 Å². The number of ether oxygens (including phenoxy) is 2. The van der Waals surface area contributed by atoms with Crippen LogP contribution >= 0.6 is 28.1 Å². The molecule has 0 amide bonds. The Kier molecular flexibility index (Phi) is 5.95. The van der Waals surface area contributed by atoms with Gasteiger partial charge in [0.1, 0.15) is 0 Å². The number of H-pyrrole nitrogens is 1. The summed E-state index contributed by atoms with van der Waals surface area (Å²) in [4.78, 5) is 0. The molecule has 0 radical (unpaired) electrons. The molecule has 3 aromatic rings. The minimum atomic E-state index is 0.485. The molecule has 0 aliphatic carbocycles. The number of methoxy groups -OCH3 is 1. The zero-order valence-corrected chi connectivity index (χ0v) is 16.9. The number of nitrogens with zero attached hydrogens (tertiary/aromatic N) is 2. The lowest BCUT2D eigenvalue weighted by Gasteiger charge is -2.16. The van der Waals surface area contributed by atoms with Crippen molar-refractivity contribution in [1.29, 1.82) is 0 Å². The third kappa shape index (κ3) is 3.91. The first-order valence-corrected chi connectivity index (χ1v) is 9.30. The molecule has 0 saturated heterocycles. The summed E-state index contributed by atoms with van der Waals surface area (Å²) in [6.07, 6.45) is 0. The van der Waals surface area contributed by atoms with Gasteiger partial charge >= 0.3 is 0 Å². The molecule has 0 unspecified atom stereocenters. The van der Waals surface area contributed by atoms with E-state index in [0.29, 0.717) is 29.4 Å². The van der Waals surface area contributed by atoms with Crippen molar-refractivity contribution in [2.45, 2.75) is 13.5 Å². The Bertz CT molecular complexity index is 940. The van der Waals surface area contributed by atoms with Crippen molar-refractivity contribution in [3.05, 3.63) is 57.3 Å². The summed E-state index contributed by atoms with van der Waals surface area (Å²) in [7, 11) is 1.63. The minimum absolute atomic E-state index is 0.485. The molecule has 26 heavy (non-hydrogen) atoms. The van der Waals surface area contributed by atoms with Crippen LogP contribution in [-0.4, -0.2) is 28.6 Å². The molecule has 1 aromatic heterocycles. The van der Waals surface area contributed by atoms with Gasteiger partial charge in [-0.1, -0.05) is 46.3 Å². The molecule has 3 rings (SSSR count). The molecule has 0 spiro atoms. The normalized spacial score (nSPS) is 10.6. The van der Waals surface area contributed by atoms with Crippen molar-refractivity contribution in [3.63, 3.8) is 0 Å². The Balaban J connectivity index is 1.92. The number of hydrogen-bond acceptors (Lipinski definition) is 5. The van der Waals surface area contributed by atoms with Gasteiger partial charge in [0.2, 0.25) is 4.77 Å². The smallest absolute Gasteiger partial charge is 0.214 e. The van der Waals surface area contributed by atoms with Crippen molar-refractivity contribution >= 4 is 28.1 Å². The Hall–Kier alpha value is -2.32. The Morgan fingerprint density at radius 2 is 2.04 bits per heavy atom. The van der Waals surface area contributed by atoms with E-state index in [1.165, 1.54) is 0 Å². The number of hydrogen-bond donors (Lipinski definition) is 2. The van der Waals surface area contributed by atoms with Crippen LogP contribution in [0.25, 0.3) is 11.4 Å². The summed E-state index contributed by atoms with van der Waals surface area (Å²) in [6.45, 7) is 2.97. The fourth-order valence-electron chi connectivity index (χ4n) is 2.60. The molecule has 2 N–H and O–H groups in total. The highest BCUT2D eigenvalue weighted by atomic mass is 79.9. The van der Waals surface area contributed by atoms with Crippen molar-refractivity contribution in [2.75, 3.05) is 19.1 Å². The fraction of sp³-hybridized carbons (Fsp3) is 0.222. The average molecular weight is 435 g/mol. The summed E-state index contributed by atoms with van der Waals surface area (Å²) in [5.41, 5.74) is 5.22. The maximum absolute atomic E-state index is 5.78. The zero-order valence-electron chi connectivity index (χ0n) is 14.5. The van der Waals surface area contributed by atoms with Crippen LogP contribution in [0.2, 0.25) is 0 Å². The van der Waals surface area contributed by atoms with Gasteiger partial charge in [-0.15, -0.1) is 0 Å². The number of aromatic nitrogens is 3. The van der Waals surface area contributed by atoms with Crippen molar-refractivity contribution in [2.24, 2.45) is 0 Å². The summed E-state index contributed by atoms with van der Waals surface area (Å²) in [5.74, 6) is 2.11. The van der Waals surface area contributed by atoms with Crippen molar-refractivity contribution in [1.82, 2.24) is 14.9 Å². The van der Waals surface area contributed by atoms with Crippen LogP contribution < -0.4 is 14.9 Å². The predicted molar refractivity (Wildman–Crippen MR) is 108 cm³/mol. The molecule has 0 bridgehead atoms. The summed E-state index contributed by atoms with van der Waals surface area (Å²) >= 11 is 8.88. The first-order chi connectivity index (χ1) is 12.6. The SMILES string of the molecule is CCOc1c(CNn2c(-c3ccccc3)n[nH]c2=S)cc(Br)cc1OC. The van der Waals surface area contributed by atoms with Crippen molar-refractivity contribution in [3.8, 4) is 22.9 Å². The first-order valence-electron chi connectivity index (χ1n) is 8.10. The molecule has 8 heteroatoms. The quantitative estimate of drug-likeness (QED) is 0.535. The molecule has 0 aliphatic rings. The molecule has 136 valence electrons. The van der Waals surface area contributed by atoms with Crippen LogP contribution in [0.5, 0.6) is 11.5 Å². The standard InChI is InChI=1S/C18H19BrN4O2S/c1-3-25-16-13(9-14(19)10-15(16)24-2)11-20-23-17(21-22-18(23)26)12-7-5-4-6-8-12/h4-10,20H,3,11H2,1-2H3,(H,22,26). The van der Waals surface area contributed by atoms with Gasteiger partial charge in [0, 0.05) is 15.6 Å². The fourth-order valence-corrected chi connectivity index (χ4v) is 3.28. The van der Waals surface area contributed by atoms with E-state index < -0.39 is 0 Å². The average Bonchev–Trinajstić information content (AvgIpc) is 3.03. The molecule has 1 heterocycles. The number of halogens is 1. The molecule has 2 aromatic carbocycles. The van der Waals surface area contributed by atoms with Crippen LogP contribution in [0.1, 0.15) is 12.5 Å². The second-order valence-electron chi connectivity index (χ2n) is 5.42. The highest BCUT2D eigenvalue weighted by Crippen LogP contribution is 2.35. The van der Waals surface area contributed by atoms with Gasteiger partial charge in [0.05, 0.1) is 20.3 Å². The molecule has 0 fully saturated rings. The highest BCUT2D eigenvalue weighted by Gasteiger charge is 2.14. The topological polar surface area (TPSA) is 64.1 Å². The monoisotopic (exact) mass is 434 g/mol. The van der Waals surface area contributed by atoms with Gasteiger partial charge in [-0.05, 0) is 31.3 Å². The van der Waals surface area contributed by atoms with Gasteiger partial charge in [-0.3, -0.25) is 0 Å². The zero-order chi connectivity index (χ0) is 18.5. The lowest BCUT2D eigenvalue weighted by Crippen LogP contribution is -2.16. The highest BCUT2D eigenvalue weighted by molar-refractivity contribution is 9.10. The second-order valence-corrected chi connectivity index (χ2v) is 6.72. The number of rotatable bonds is 7. The lowest BCUT2D eigenvalue weighted by molar-refractivity contribution is 0.307. The molecular weight excluding hydrogens is 416 g/mol. The minimum Gasteiger partial charge on any atom is -0.493 e. The van der Waals surface area contributed by atoms with E-state index in [-0.39, 0.29) is 0 Å². The maximum Gasteiger partial charge on any atom is 0.214 e. The van der Waals surface area contributed by atoms with E-state index in [1.807, 2.05) is 49.4 Å². The largest absolute Gasteiger partial charge is 0.493 e. The van der Waals surface area contributed by atoms with Crippen molar-refractivity contribution < 1.29 is 9.47 Å². The summed E-state index contributed by atoms with van der Waals surface area (Å²) < 4.78 is 14.4. The van der Waals surface area contributed by atoms with Crippen LogP contribution in [0.4, 0.5) is 0 Å². The maximum atomic E-state index is 5.78. The van der Waals surface area contributed by atoms with Gasteiger partial charge < -0.3 is 14.9 Å². The lowest BCUT2D eigenvalue weighted by atomic mass is 10.2. The third-order valence-corrected chi connectivity index (χ3v) is 4.47. The Morgan fingerprint density at radius 1 is 1.27 bits per heavy atom. The van der Waals surface area contributed by atoms with E-state index in [1.54, 1.807) is 11.8 Å². The van der Waals surface area contributed by atoms with Crippen LogP contribution in [0.3, 0.4) is 0 Å². The number of aromatic amines is 1. The number of nitrogens with one attached hydrogen (secondary N) is 2. The summed E-state index contributed by atoms with van der Waals surface area (Å²) in [6, 6.07) is 13.7. The predicted octanol–water partition coefficient (Wildman–Crippen LogP) is 4.52. The first kappa shape index (κ1) is 18.5. The third-order valence-electron chi connectivity index (χ3n) is 3.74. The van der Waals surface area contributed by atoms with Crippen LogP contribution in [0.15, 0.2) is 46.9 Å². The second kappa shape index (κ2) is 8.37. The Labute approximate surface area is 165 Å².